The number of methoxy groups -OCH3 is 3. The average molecular weight is 453 g/mol. The van der Waals surface area contributed by atoms with Crippen molar-refractivity contribution in [1.29, 1.82) is 0 Å². The van der Waals surface area contributed by atoms with Crippen LogP contribution < -0.4 is 20.1 Å². The molecule has 24 heavy (non-hydrogen) atoms. The Kier molecular flexibility index (Phi) is 13.4. The van der Waals surface area contributed by atoms with Crippen molar-refractivity contribution >= 4 is 35.6 Å². The van der Waals surface area contributed by atoms with E-state index in [9.17, 15) is 0 Å². The molecule has 0 aliphatic rings. The number of anilines is 1. The number of guanidine groups is 1. The molecule has 0 aliphatic carbocycles. The van der Waals surface area contributed by atoms with E-state index in [0.717, 1.165) is 18.7 Å². The lowest BCUT2D eigenvalue weighted by Gasteiger charge is -2.14. The molecule has 8 heteroatoms. The second kappa shape index (κ2) is 14.1. The molecule has 2 N–H and O–H groups in total. The number of nitrogens with one attached hydrogen (secondary N) is 2. The summed E-state index contributed by atoms with van der Waals surface area (Å²) >= 11 is 0. The van der Waals surface area contributed by atoms with Gasteiger partial charge < -0.3 is 29.6 Å². The molecule has 0 atom stereocenters. The lowest BCUT2D eigenvalue weighted by molar-refractivity contribution is 0.0699. The fourth-order valence-electron chi connectivity index (χ4n) is 1.86. The first-order chi connectivity index (χ1) is 11.2. The number of rotatable bonds is 10. The van der Waals surface area contributed by atoms with Crippen molar-refractivity contribution in [3.63, 3.8) is 0 Å². The van der Waals surface area contributed by atoms with Gasteiger partial charge in [-0.1, -0.05) is 0 Å². The number of hydrogen-bond donors (Lipinski definition) is 2. The summed E-state index contributed by atoms with van der Waals surface area (Å²) in [4.78, 5) is 4.19. The highest BCUT2D eigenvalue weighted by Gasteiger charge is 2.06. The molecule has 7 nitrogen and oxygen atoms in total. The van der Waals surface area contributed by atoms with E-state index in [2.05, 4.69) is 15.6 Å². The van der Waals surface area contributed by atoms with Gasteiger partial charge in [-0.15, -0.1) is 24.0 Å². The van der Waals surface area contributed by atoms with Crippen LogP contribution in [0.3, 0.4) is 0 Å². The van der Waals surface area contributed by atoms with E-state index in [1.165, 1.54) is 0 Å². The zero-order valence-corrected chi connectivity index (χ0v) is 17.1. The van der Waals surface area contributed by atoms with Gasteiger partial charge in [0.2, 0.25) is 0 Å². The largest absolute Gasteiger partial charge is 0.493 e. The molecule has 0 bridgehead atoms. The van der Waals surface area contributed by atoms with E-state index >= 15 is 0 Å². The van der Waals surface area contributed by atoms with E-state index in [1.54, 1.807) is 28.4 Å². The summed E-state index contributed by atoms with van der Waals surface area (Å²) in [5, 5.41) is 6.44. The minimum Gasteiger partial charge on any atom is -0.493 e. The second-order valence-electron chi connectivity index (χ2n) is 4.65. The number of aliphatic imine (C=N–C) groups is 1. The summed E-state index contributed by atoms with van der Waals surface area (Å²) in [6.07, 6.45) is 0.885. The lowest BCUT2D eigenvalue weighted by Crippen LogP contribution is -2.32. The van der Waals surface area contributed by atoms with E-state index in [4.69, 9.17) is 18.9 Å². The Labute approximate surface area is 161 Å². The van der Waals surface area contributed by atoms with Crippen LogP contribution in [0.15, 0.2) is 23.2 Å². The van der Waals surface area contributed by atoms with Crippen LogP contribution in [0, 0.1) is 0 Å². The minimum absolute atomic E-state index is 0. The highest BCUT2D eigenvalue weighted by Crippen LogP contribution is 2.29. The molecule has 0 amide bonds. The van der Waals surface area contributed by atoms with Crippen molar-refractivity contribution in [2.24, 2.45) is 4.99 Å². The van der Waals surface area contributed by atoms with Crippen molar-refractivity contribution in [2.45, 2.75) is 6.42 Å². The monoisotopic (exact) mass is 453 g/mol. The molecule has 0 aliphatic heterocycles. The Morgan fingerprint density at radius 3 is 2.42 bits per heavy atom. The van der Waals surface area contributed by atoms with E-state index in [0.29, 0.717) is 37.3 Å². The van der Waals surface area contributed by atoms with Gasteiger partial charge >= 0.3 is 0 Å². The molecular weight excluding hydrogens is 425 g/mol. The SMILES string of the molecule is CN=C(NCCCOCCOC)Nc1ccc(OC)c(OC)c1.I. The highest BCUT2D eigenvalue weighted by atomic mass is 127. The maximum Gasteiger partial charge on any atom is 0.195 e. The molecule has 1 aromatic rings. The first kappa shape index (κ1) is 22.7. The highest BCUT2D eigenvalue weighted by molar-refractivity contribution is 14.0. The van der Waals surface area contributed by atoms with Gasteiger partial charge in [0, 0.05) is 39.1 Å². The molecule has 0 spiro atoms. The van der Waals surface area contributed by atoms with Gasteiger partial charge in [-0.3, -0.25) is 4.99 Å². The molecule has 0 aromatic heterocycles. The van der Waals surface area contributed by atoms with Crippen molar-refractivity contribution in [3.8, 4) is 11.5 Å². The van der Waals surface area contributed by atoms with Gasteiger partial charge in [0.05, 0.1) is 27.4 Å². The Morgan fingerprint density at radius 1 is 1.04 bits per heavy atom. The first-order valence-electron chi connectivity index (χ1n) is 7.51. The predicted molar refractivity (Wildman–Crippen MR) is 107 cm³/mol. The van der Waals surface area contributed by atoms with Gasteiger partial charge in [-0.2, -0.15) is 0 Å². The first-order valence-corrected chi connectivity index (χ1v) is 7.51. The normalized spacial score (nSPS) is 10.8. The molecule has 0 fully saturated rings. The molecule has 0 heterocycles. The third-order valence-corrected chi connectivity index (χ3v) is 3.06. The summed E-state index contributed by atoms with van der Waals surface area (Å²) in [5.74, 6) is 2.04. The van der Waals surface area contributed by atoms with E-state index in [1.807, 2.05) is 18.2 Å². The third kappa shape index (κ3) is 8.55. The summed E-state index contributed by atoms with van der Waals surface area (Å²) in [6, 6.07) is 5.61. The second-order valence-corrected chi connectivity index (χ2v) is 4.65. The van der Waals surface area contributed by atoms with Crippen LogP contribution in [-0.2, 0) is 9.47 Å². The average Bonchev–Trinajstić information content (AvgIpc) is 2.59. The zero-order valence-electron chi connectivity index (χ0n) is 14.8. The molecule has 1 aromatic carbocycles. The number of hydrogen-bond acceptors (Lipinski definition) is 5. The summed E-state index contributed by atoms with van der Waals surface area (Å²) in [6.45, 7) is 2.69. The maximum absolute atomic E-state index is 5.41. The lowest BCUT2D eigenvalue weighted by atomic mass is 10.3. The number of ether oxygens (including phenoxy) is 4. The van der Waals surface area contributed by atoms with Crippen LogP contribution >= 0.6 is 24.0 Å². The number of halogens is 1. The third-order valence-electron chi connectivity index (χ3n) is 3.06. The molecule has 0 unspecified atom stereocenters. The Morgan fingerprint density at radius 2 is 1.79 bits per heavy atom. The fourth-order valence-corrected chi connectivity index (χ4v) is 1.86. The van der Waals surface area contributed by atoms with Crippen molar-refractivity contribution in [1.82, 2.24) is 5.32 Å². The minimum atomic E-state index is 0. The molecule has 0 radical (unpaired) electrons. The summed E-state index contributed by atoms with van der Waals surface area (Å²) in [7, 11) is 6.61. The van der Waals surface area contributed by atoms with E-state index < -0.39 is 0 Å². The Bertz CT molecular complexity index is 486. The van der Waals surface area contributed by atoms with Crippen LogP contribution in [0.1, 0.15) is 6.42 Å². The van der Waals surface area contributed by atoms with E-state index in [-0.39, 0.29) is 24.0 Å². The topological polar surface area (TPSA) is 73.3 Å². The molecule has 0 saturated heterocycles. The molecule has 0 saturated carbocycles. The number of nitrogens with zero attached hydrogens (tertiary/aromatic N) is 1. The van der Waals surface area contributed by atoms with Crippen LogP contribution in [0.2, 0.25) is 0 Å². The van der Waals surface area contributed by atoms with Gasteiger partial charge in [-0.25, -0.2) is 0 Å². The van der Waals surface area contributed by atoms with Gasteiger partial charge in [0.25, 0.3) is 0 Å². The fraction of sp³-hybridized carbons (Fsp3) is 0.562. The Hall–Kier alpha value is -1.26. The molecule has 138 valence electrons. The van der Waals surface area contributed by atoms with Crippen LogP contribution in [0.5, 0.6) is 11.5 Å². The van der Waals surface area contributed by atoms with Crippen molar-refractivity contribution in [2.75, 3.05) is 60.1 Å². The van der Waals surface area contributed by atoms with Gasteiger partial charge in [0.15, 0.2) is 17.5 Å². The van der Waals surface area contributed by atoms with Crippen molar-refractivity contribution in [3.05, 3.63) is 18.2 Å². The standard InChI is InChI=1S/C16H27N3O4.HI/c1-17-16(18-8-5-9-23-11-10-20-2)19-13-6-7-14(21-3)15(12-13)22-4;/h6-7,12H,5,8-11H2,1-4H3,(H2,17,18,19);1H. The number of benzene rings is 1. The predicted octanol–water partition coefficient (Wildman–Crippen LogP) is 2.36. The molecular formula is C16H28IN3O4. The molecule has 1 rings (SSSR count). The maximum atomic E-state index is 5.41. The zero-order chi connectivity index (χ0) is 16.9. The van der Waals surface area contributed by atoms with Gasteiger partial charge in [0.1, 0.15) is 0 Å². The van der Waals surface area contributed by atoms with Crippen molar-refractivity contribution < 1.29 is 18.9 Å². The summed E-state index contributed by atoms with van der Waals surface area (Å²) in [5.41, 5.74) is 0.868. The smallest absolute Gasteiger partial charge is 0.195 e. The summed E-state index contributed by atoms with van der Waals surface area (Å²) < 4.78 is 20.8. The quantitative estimate of drug-likeness (QED) is 0.245. The van der Waals surface area contributed by atoms with Gasteiger partial charge in [-0.05, 0) is 18.6 Å². The Balaban J connectivity index is 0.00000529. The van der Waals surface area contributed by atoms with Crippen LogP contribution in [0.4, 0.5) is 5.69 Å². The van der Waals surface area contributed by atoms with Crippen LogP contribution in [-0.4, -0.2) is 60.7 Å². The van der Waals surface area contributed by atoms with Crippen LogP contribution in [0.25, 0.3) is 0 Å².